The van der Waals surface area contributed by atoms with Crippen molar-refractivity contribution in [2.75, 3.05) is 17.1 Å². The van der Waals surface area contributed by atoms with Crippen molar-refractivity contribution in [2.24, 2.45) is 0 Å². The molecule has 6 heteroatoms. The monoisotopic (exact) mass is 431 g/mol. The molecular formula is C15H14BrNO2SSe. The average Bonchev–Trinajstić information content (AvgIpc) is 2.84. The number of halogens is 1. The maximum atomic E-state index is 11.7. The topological polar surface area (TPSA) is 37.4 Å². The number of anilines is 1. The number of hydrogen-bond donors (Lipinski definition) is 0. The van der Waals surface area contributed by atoms with Gasteiger partial charge >= 0.3 is 140 Å². The molecule has 2 aromatic carbocycles. The first kappa shape index (κ1) is 15.1. The van der Waals surface area contributed by atoms with Crippen LogP contribution in [-0.2, 0) is 16.4 Å². The van der Waals surface area contributed by atoms with Crippen LogP contribution >= 0.6 is 15.9 Å². The normalized spacial score (nSPS) is 14.3. The van der Waals surface area contributed by atoms with Gasteiger partial charge < -0.3 is 0 Å². The Bertz CT molecular complexity index is 792. The minimum absolute atomic E-state index is 0.216. The molecule has 0 saturated carbocycles. The van der Waals surface area contributed by atoms with Crippen molar-refractivity contribution in [1.29, 1.82) is 0 Å². The second-order valence-electron chi connectivity index (χ2n) is 4.91. The zero-order valence-corrected chi connectivity index (χ0v) is 15.5. The molecule has 0 amide bonds. The van der Waals surface area contributed by atoms with Crippen molar-refractivity contribution in [2.45, 2.75) is 6.42 Å². The number of benzene rings is 2. The van der Waals surface area contributed by atoms with Crippen molar-refractivity contribution >= 4 is 55.5 Å². The van der Waals surface area contributed by atoms with E-state index in [0.29, 0.717) is 6.54 Å². The maximum absolute atomic E-state index is 11.7. The summed E-state index contributed by atoms with van der Waals surface area (Å²) >= 11 is 3.80. The fourth-order valence-electron chi connectivity index (χ4n) is 2.41. The van der Waals surface area contributed by atoms with Crippen molar-refractivity contribution in [3.63, 3.8) is 0 Å². The summed E-state index contributed by atoms with van der Waals surface area (Å²) in [5, 5.41) is 0. The summed E-state index contributed by atoms with van der Waals surface area (Å²) < 4.78 is 28.7. The summed E-state index contributed by atoms with van der Waals surface area (Å²) in [6.45, 7) is 0.555. The van der Waals surface area contributed by atoms with Gasteiger partial charge in [-0.15, -0.1) is 0 Å². The molecule has 0 atom stereocenters. The second-order valence-corrected chi connectivity index (χ2v) is 10.0. The molecule has 0 bridgehead atoms. The SMILES string of the molecule is CS(=O)(=O)N1CCc2cc([Se]c3ccccc3Br)ccc21. The molecule has 3 nitrogen and oxygen atoms in total. The molecule has 1 heterocycles. The number of nitrogens with zero attached hydrogens (tertiary/aromatic N) is 1. The summed E-state index contributed by atoms with van der Waals surface area (Å²) in [6, 6.07) is 14.4. The zero-order chi connectivity index (χ0) is 15.0. The Morgan fingerprint density at radius 3 is 2.67 bits per heavy atom. The predicted octanol–water partition coefficient (Wildman–Crippen LogP) is 1.43. The van der Waals surface area contributed by atoms with Gasteiger partial charge in [-0.2, -0.15) is 0 Å². The van der Waals surface area contributed by atoms with Crippen LogP contribution in [-0.4, -0.2) is 36.2 Å². The molecule has 110 valence electrons. The molecule has 0 aromatic heterocycles. The van der Waals surface area contributed by atoms with E-state index in [9.17, 15) is 8.42 Å². The van der Waals surface area contributed by atoms with Crippen molar-refractivity contribution in [1.82, 2.24) is 0 Å². The molecular weight excluding hydrogens is 417 g/mol. The molecule has 3 rings (SSSR count). The van der Waals surface area contributed by atoms with Gasteiger partial charge in [0.25, 0.3) is 0 Å². The van der Waals surface area contributed by atoms with Gasteiger partial charge in [0.05, 0.1) is 0 Å². The first-order valence-corrected chi connectivity index (χ1v) is 10.8. The van der Waals surface area contributed by atoms with Crippen molar-refractivity contribution < 1.29 is 8.42 Å². The first-order valence-electron chi connectivity index (χ1n) is 6.48. The molecule has 2 aromatic rings. The first-order chi connectivity index (χ1) is 9.95. The standard InChI is InChI=1S/C15H14BrNO2SSe/c1-20(18,19)17-9-8-11-10-12(6-7-14(11)17)21-15-5-3-2-4-13(15)16/h2-7,10H,8-9H2,1H3. The van der Waals surface area contributed by atoms with Gasteiger partial charge in [0.1, 0.15) is 0 Å². The van der Waals surface area contributed by atoms with Gasteiger partial charge in [-0.3, -0.25) is 0 Å². The molecule has 1 aliphatic heterocycles. The summed E-state index contributed by atoms with van der Waals surface area (Å²) in [5.74, 6) is 0. The summed E-state index contributed by atoms with van der Waals surface area (Å²) in [4.78, 5) is 0. The molecule has 21 heavy (non-hydrogen) atoms. The van der Waals surface area contributed by atoms with Crippen LogP contribution < -0.4 is 13.2 Å². The summed E-state index contributed by atoms with van der Waals surface area (Å²) in [6.07, 6.45) is 2.06. The van der Waals surface area contributed by atoms with E-state index in [-0.39, 0.29) is 15.0 Å². The number of hydrogen-bond acceptors (Lipinski definition) is 2. The molecule has 0 spiro atoms. The van der Waals surface area contributed by atoms with Gasteiger partial charge in [0, 0.05) is 0 Å². The fourth-order valence-corrected chi connectivity index (χ4v) is 5.97. The molecule has 0 saturated heterocycles. The van der Waals surface area contributed by atoms with Crippen LogP contribution in [0.3, 0.4) is 0 Å². The van der Waals surface area contributed by atoms with Gasteiger partial charge in [-0.25, -0.2) is 0 Å². The van der Waals surface area contributed by atoms with E-state index < -0.39 is 10.0 Å². The van der Waals surface area contributed by atoms with Gasteiger partial charge in [0.15, 0.2) is 0 Å². The zero-order valence-electron chi connectivity index (χ0n) is 11.4. The van der Waals surface area contributed by atoms with E-state index in [2.05, 4.69) is 34.1 Å². The third kappa shape index (κ3) is 3.19. The second kappa shape index (κ2) is 5.76. The molecule has 0 N–H and O–H groups in total. The molecule has 1 aliphatic rings. The predicted molar refractivity (Wildman–Crippen MR) is 91.5 cm³/mol. The molecule has 0 aliphatic carbocycles. The van der Waals surface area contributed by atoms with Crippen LogP contribution in [0.15, 0.2) is 46.9 Å². The number of sulfonamides is 1. The van der Waals surface area contributed by atoms with E-state index >= 15 is 0 Å². The van der Waals surface area contributed by atoms with Crippen molar-refractivity contribution in [3.05, 3.63) is 52.5 Å². The van der Waals surface area contributed by atoms with Crippen LogP contribution in [0.1, 0.15) is 5.56 Å². The van der Waals surface area contributed by atoms with Crippen LogP contribution in [0.2, 0.25) is 0 Å². The summed E-state index contributed by atoms with van der Waals surface area (Å²) in [5.41, 5.74) is 1.97. The van der Waals surface area contributed by atoms with Gasteiger partial charge in [-0.1, -0.05) is 0 Å². The van der Waals surface area contributed by atoms with Crippen LogP contribution in [0.5, 0.6) is 0 Å². The number of rotatable bonds is 3. The summed E-state index contributed by atoms with van der Waals surface area (Å²) in [7, 11) is -3.16. The van der Waals surface area contributed by atoms with Gasteiger partial charge in [-0.05, 0) is 0 Å². The van der Waals surface area contributed by atoms with Crippen LogP contribution in [0.4, 0.5) is 5.69 Å². The average molecular weight is 431 g/mol. The molecule has 0 fully saturated rings. The quantitative estimate of drug-likeness (QED) is 0.690. The Kier molecular flexibility index (Phi) is 4.14. The Labute approximate surface area is 139 Å². The van der Waals surface area contributed by atoms with Crippen LogP contribution in [0.25, 0.3) is 0 Å². The van der Waals surface area contributed by atoms with E-state index in [1.807, 2.05) is 24.3 Å². The minimum atomic E-state index is -3.16. The van der Waals surface area contributed by atoms with Gasteiger partial charge in [0.2, 0.25) is 0 Å². The van der Waals surface area contributed by atoms with E-state index in [1.54, 1.807) is 0 Å². The molecule has 0 radical (unpaired) electrons. The van der Waals surface area contributed by atoms with E-state index in [4.69, 9.17) is 0 Å². The van der Waals surface area contributed by atoms with E-state index in [0.717, 1.165) is 22.1 Å². The number of fused-ring (bicyclic) bond motifs is 1. The van der Waals surface area contributed by atoms with Crippen LogP contribution in [0, 0.1) is 0 Å². The Morgan fingerprint density at radius 1 is 1.19 bits per heavy atom. The molecule has 0 unspecified atom stereocenters. The van der Waals surface area contributed by atoms with Crippen molar-refractivity contribution in [3.8, 4) is 0 Å². The van der Waals surface area contributed by atoms with E-state index in [1.165, 1.54) is 19.5 Å². The third-order valence-corrected chi connectivity index (χ3v) is 8.07. The third-order valence-electron chi connectivity index (χ3n) is 3.37. The Balaban J connectivity index is 1.90. The fraction of sp³-hybridized carbons (Fsp3) is 0.200. The Hall–Kier alpha value is -0.811. The Morgan fingerprint density at radius 2 is 1.95 bits per heavy atom.